The van der Waals surface area contributed by atoms with Gasteiger partial charge in [0.2, 0.25) is 0 Å². The zero-order valence-corrected chi connectivity index (χ0v) is 14.4. The first-order chi connectivity index (χ1) is 10.8. The Balaban J connectivity index is 1.99. The number of nitrogens with one attached hydrogen (secondary N) is 2. The Morgan fingerprint density at radius 1 is 1.26 bits per heavy atom. The van der Waals surface area contributed by atoms with Crippen LogP contribution in [0.25, 0.3) is 10.8 Å². The third-order valence-electron chi connectivity index (χ3n) is 2.98. The first-order valence-corrected chi connectivity index (χ1v) is 7.78. The summed E-state index contributed by atoms with van der Waals surface area (Å²) in [6.07, 6.45) is -0.446. The minimum atomic E-state index is -0.519. The molecular formula is C16H21ClN4O2. The van der Waals surface area contributed by atoms with Gasteiger partial charge in [-0.3, -0.25) is 0 Å². The summed E-state index contributed by atoms with van der Waals surface area (Å²) in [4.78, 5) is 11.7. The molecule has 0 spiro atoms. The normalized spacial score (nSPS) is 12.7. The van der Waals surface area contributed by atoms with Crippen LogP contribution in [0.1, 0.15) is 27.7 Å². The topological polar surface area (TPSA) is 76.1 Å². The lowest BCUT2D eigenvalue weighted by Crippen LogP contribution is -2.40. The van der Waals surface area contributed by atoms with Crippen LogP contribution in [-0.2, 0) is 4.74 Å². The molecule has 1 heterocycles. The highest BCUT2D eigenvalue weighted by Crippen LogP contribution is 2.25. The van der Waals surface area contributed by atoms with E-state index >= 15 is 0 Å². The lowest BCUT2D eigenvalue weighted by atomic mass is 10.2. The van der Waals surface area contributed by atoms with Gasteiger partial charge in [0.15, 0.2) is 11.0 Å². The van der Waals surface area contributed by atoms with E-state index < -0.39 is 11.7 Å². The molecule has 0 saturated heterocycles. The smallest absolute Gasteiger partial charge is 0.407 e. The lowest BCUT2D eigenvalue weighted by Gasteiger charge is -2.22. The van der Waals surface area contributed by atoms with Crippen molar-refractivity contribution in [3.63, 3.8) is 0 Å². The van der Waals surface area contributed by atoms with Crippen LogP contribution < -0.4 is 10.6 Å². The van der Waals surface area contributed by atoms with E-state index in [0.29, 0.717) is 17.5 Å². The summed E-state index contributed by atoms with van der Waals surface area (Å²) in [6, 6.07) is 7.48. The molecule has 0 radical (unpaired) electrons. The third kappa shape index (κ3) is 4.96. The second-order valence-electron chi connectivity index (χ2n) is 6.31. The molecule has 124 valence electrons. The number of amides is 1. The van der Waals surface area contributed by atoms with Gasteiger partial charge in [0, 0.05) is 23.4 Å². The lowest BCUT2D eigenvalue weighted by molar-refractivity contribution is 0.0511. The maximum Gasteiger partial charge on any atom is 0.407 e. The fourth-order valence-corrected chi connectivity index (χ4v) is 2.21. The third-order valence-corrected chi connectivity index (χ3v) is 3.26. The van der Waals surface area contributed by atoms with E-state index in [1.165, 1.54) is 0 Å². The number of benzene rings is 1. The highest BCUT2D eigenvalue weighted by molar-refractivity contribution is 6.34. The summed E-state index contributed by atoms with van der Waals surface area (Å²) in [5, 5.41) is 16.0. The molecule has 6 nitrogen and oxygen atoms in total. The molecule has 1 aromatic carbocycles. The van der Waals surface area contributed by atoms with Gasteiger partial charge in [-0.15, -0.1) is 10.2 Å². The van der Waals surface area contributed by atoms with Gasteiger partial charge in [0.25, 0.3) is 0 Å². The summed E-state index contributed by atoms with van der Waals surface area (Å²) in [7, 11) is 0. The quantitative estimate of drug-likeness (QED) is 0.892. The number of anilines is 1. The Morgan fingerprint density at radius 2 is 1.91 bits per heavy atom. The Labute approximate surface area is 140 Å². The highest BCUT2D eigenvalue weighted by atomic mass is 35.5. The molecule has 7 heteroatoms. The second kappa shape index (κ2) is 7.00. The Kier molecular flexibility index (Phi) is 5.26. The van der Waals surface area contributed by atoms with Gasteiger partial charge in [-0.1, -0.05) is 35.9 Å². The summed E-state index contributed by atoms with van der Waals surface area (Å²) >= 11 is 6.05. The fraction of sp³-hybridized carbons (Fsp3) is 0.438. The fourth-order valence-electron chi connectivity index (χ4n) is 2.01. The Morgan fingerprint density at radius 3 is 2.57 bits per heavy atom. The summed E-state index contributed by atoms with van der Waals surface area (Å²) in [6.45, 7) is 7.84. The molecule has 0 aliphatic rings. The number of rotatable bonds is 4. The number of carbonyl (C=O) groups is 1. The molecule has 23 heavy (non-hydrogen) atoms. The Bertz CT molecular complexity index is 700. The predicted molar refractivity (Wildman–Crippen MR) is 91.9 cm³/mol. The van der Waals surface area contributed by atoms with Gasteiger partial charge in [-0.2, -0.15) is 0 Å². The number of hydrogen-bond donors (Lipinski definition) is 2. The van der Waals surface area contributed by atoms with Crippen LogP contribution in [0.5, 0.6) is 0 Å². The zero-order valence-electron chi connectivity index (χ0n) is 13.7. The number of hydrogen-bond acceptors (Lipinski definition) is 5. The van der Waals surface area contributed by atoms with Crippen molar-refractivity contribution in [1.82, 2.24) is 15.5 Å². The van der Waals surface area contributed by atoms with Crippen molar-refractivity contribution in [3.05, 3.63) is 29.4 Å². The van der Waals surface area contributed by atoms with E-state index in [1.54, 1.807) is 0 Å². The van der Waals surface area contributed by atoms with Crippen molar-refractivity contribution >= 4 is 34.3 Å². The zero-order chi connectivity index (χ0) is 17.0. The van der Waals surface area contributed by atoms with Gasteiger partial charge < -0.3 is 15.4 Å². The van der Waals surface area contributed by atoms with E-state index in [9.17, 15) is 4.79 Å². The molecule has 0 bridgehead atoms. The van der Waals surface area contributed by atoms with Crippen LogP contribution in [0.4, 0.5) is 10.6 Å². The standard InChI is InChI=1S/C16H21ClN4O2/c1-10(19-15(22)23-16(2,3)4)9-18-14-12-8-6-5-7-11(12)13(17)20-21-14/h5-8,10H,9H2,1-4H3,(H,18,21)(H,19,22)/t10-/m0/s1. The average Bonchev–Trinajstić information content (AvgIpc) is 2.45. The molecule has 0 unspecified atom stereocenters. The molecule has 0 aliphatic heterocycles. The van der Waals surface area contributed by atoms with Crippen LogP contribution in [-0.4, -0.2) is 34.5 Å². The SMILES string of the molecule is C[C@@H](CNc1nnc(Cl)c2ccccc12)NC(=O)OC(C)(C)C. The van der Waals surface area contributed by atoms with Crippen LogP contribution in [0.15, 0.2) is 24.3 Å². The van der Waals surface area contributed by atoms with E-state index in [0.717, 1.165) is 10.8 Å². The van der Waals surface area contributed by atoms with E-state index in [1.807, 2.05) is 52.0 Å². The van der Waals surface area contributed by atoms with Crippen LogP contribution >= 0.6 is 11.6 Å². The second-order valence-corrected chi connectivity index (χ2v) is 6.67. The van der Waals surface area contributed by atoms with Crippen molar-refractivity contribution in [2.75, 3.05) is 11.9 Å². The Hall–Kier alpha value is -2.08. The van der Waals surface area contributed by atoms with E-state index in [2.05, 4.69) is 20.8 Å². The van der Waals surface area contributed by atoms with E-state index in [-0.39, 0.29) is 6.04 Å². The molecule has 1 amide bonds. The van der Waals surface area contributed by atoms with Crippen molar-refractivity contribution in [1.29, 1.82) is 0 Å². The van der Waals surface area contributed by atoms with Crippen LogP contribution in [0.2, 0.25) is 5.15 Å². The minimum Gasteiger partial charge on any atom is -0.444 e. The number of ether oxygens (including phenoxy) is 1. The first-order valence-electron chi connectivity index (χ1n) is 7.40. The van der Waals surface area contributed by atoms with Crippen LogP contribution in [0, 0.1) is 0 Å². The molecule has 1 aromatic heterocycles. The van der Waals surface area contributed by atoms with Crippen LogP contribution in [0.3, 0.4) is 0 Å². The number of fused-ring (bicyclic) bond motifs is 1. The number of alkyl carbamates (subject to hydrolysis) is 1. The van der Waals surface area contributed by atoms with Crippen molar-refractivity contribution < 1.29 is 9.53 Å². The molecule has 1 atom stereocenters. The van der Waals surface area contributed by atoms with Gasteiger partial charge in [-0.05, 0) is 27.7 Å². The molecule has 2 aromatic rings. The number of nitrogens with zero attached hydrogens (tertiary/aromatic N) is 2. The summed E-state index contributed by atoms with van der Waals surface area (Å²) in [5.74, 6) is 0.628. The van der Waals surface area contributed by atoms with Crippen molar-refractivity contribution in [2.24, 2.45) is 0 Å². The average molecular weight is 337 g/mol. The monoisotopic (exact) mass is 336 g/mol. The molecule has 0 aliphatic carbocycles. The highest BCUT2D eigenvalue weighted by Gasteiger charge is 2.17. The molecule has 2 N–H and O–H groups in total. The maximum atomic E-state index is 11.7. The van der Waals surface area contributed by atoms with Gasteiger partial charge in [0.1, 0.15) is 5.60 Å². The number of aromatic nitrogens is 2. The molecule has 0 saturated carbocycles. The minimum absolute atomic E-state index is 0.138. The van der Waals surface area contributed by atoms with Gasteiger partial charge in [-0.25, -0.2) is 4.79 Å². The summed E-state index contributed by atoms with van der Waals surface area (Å²) in [5.41, 5.74) is -0.519. The van der Waals surface area contributed by atoms with Gasteiger partial charge in [0.05, 0.1) is 0 Å². The molecule has 2 rings (SSSR count). The summed E-state index contributed by atoms with van der Waals surface area (Å²) < 4.78 is 5.22. The van der Waals surface area contributed by atoms with E-state index in [4.69, 9.17) is 16.3 Å². The first kappa shape index (κ1) is 17.3. The van der Waals surface area contributed by atoms with Crippen molar-refractivity contribution in [3.8, 4) is 0 Å². The van der Waals surface area contributed by atoms with Gasteiger partial charge >= 0.3 is 6.09 Å². The molecule has 0 fully saturated rings. The maximum absolute atomic E-state index is 11.7. The number of carbonyl (C=O) groups excluding carboxylic acids is 1. The number of halogens is 1. The largest absolute Gasteiger partial charge is 0.444 e. The molecular weight excluding hydrogens is 316 g/mol. The van der Waals surface area contributed by atoms with Crippen molar-refractivity contribution in [2.45, 2.75) is 39.3 Å². The predicted octanol–water partition coefficient (Wildman–Crippen LogP) is 3.61.